The van der Waals surface area contributed by atoms with Gasteiger partial charge in [0.15, 0.2) is 0 Å². The summed E-state index contributed by atoms with van der Waals surface area (Å²) >= 11 is 0. The lowest BCUT2D eigenvalue weighted by Gasteiger charge is -2.13. The Morgan fingerprint density at radius 1 is 1.00 bits per heavy atom. The van der Waals surface area contributed by atoms with Crippen LogP contribution in [-0.4, -0.2) is 21.3 Å². The highest BCUT2D eigenvalue weighted by Crippen LogP contribution is 2.06. The summed E-state index contributed by atoms with van der Waals surface area (Å²) in [7, 11) is 0. The number of rotatable bonds is 2. The quantitative estimate of drug-likeness (QED) is 0.519. The second kappa shape index (κ2) is 3.00. The van der Waals surface area contributed by atoms with Gasteiger partial charge < -0.3 is 15.3 Å². The molecule has 0 unspecified atom stereocenters. The topological polar surface area (TPSA) is 60.7 Å². The minimum Gasteiger partial charge on any atom is -0.343 e. The van der Waals surface area contributed by atoms with Gasteiger partial charge in [-0.2, -0.15) is 0 Å². The summed E-state index contributed by atoms with van der Waals surface area (Å²) in [6, 6.07) is 8.76. The zero-order chi connectivity index (χ0) is 8.32. The predicted octanol–water partition coefficient (Wildman–Crippen LogP) is -0.140. The molecule has 11 heavy (non-hydrogen) atoms. The molecule has 60 valence electrons. The van der Waals surface area contributed by atoms with E-state index in [0.29, 0.717) is 5.56 Å². The summed E-state index contributed by atoms with van der Waals surface area (Å²) in [6.45, 7) is 0. The third kappa shape index (κ3) is 3.13. The lowest BCUT2D eigenvalue weighted by Crippen LogP contribution is -2.29. The Morgan fingerprint density at radius 2 is 1.55 bits per heavy atom. The van der Waals surface area contributed by atoms with Crippen molar-refractivity contribution in [3.63, 3.8) is 0 Å². The summed E-state index contributed by atoms with van der Waals surface area (Å²) < 4.78 is 0. The third-order valence-corrected chi connectivity index (χ3v) is 1.28. The zero-order valence-corrected chi connectivity index (χ0v) is 5.94. The maximum atomic E-state index is 8.58. The average molecular weight is 154 g/mol. The molecular formula is C8H10O3. The molecule has 1 aromatic rings. The minimum absolute atomic E-state index is 0.173. The molecule has 1 rings (SSSR count). The Labute approximate surface area is 64.5 Å². The molecule has 3 nitrogen and oxygen atoms in total. The second-order valence-electron chi connectivity index (χ2n) is 2.44. The molecule has 0 heterocycles. The first-order chi connectivity index (χ1) is 5.08. The van der Waals surface area contributed by atoms with Crippen molar-refractivity contribution in [3.05, 3.63) is 35.9 Å². The van der Waals surface area contributed by atoms with Gasteiger partial charge >= 0.3 is 0 Å². The van der Waals surface area contributed by atoms with Crippen molar-refractivity contribution in [2.75, 3.05) is 0 Å². The maximum absolute atomic E-state index is 8.58. The highest BCUT2D eigenvalue weighted by Gasteiger charge is 2.17. The average Bonchev–Trinajstić information content (AvgIpc) is 1.85. The molecule has 0 saturated heterocycles. The van der Waals surface area contributed by atoms with Crippen LogP contribution in [0.15, 0.2) is 30.3 Å². The molecule has 0 fully saturated rings. The number of aliphatic hydroxyl groups is 3. The van der Waals surface area contributed by atoms with Crippen LogP contribution in [0.1, 0.15) is 5.56 Å². The highest BCUT2D eigenvalue weighted by atomic mass is 16.7. The van der Waals surface area contributed by atoms with Crippen LogP contribution in [0.25, 0.3) is 0 Å². The van der Waals surface area contributed by atoms with Crippen molar-refractivity contribution < 1.29 is 15.3 Å². The van der Waals surface area contributed by atoms with E-state index < -0.39 is 5.97 Å². The van der Waals surface area contributed by atoms with E-state index in [0.717, 1.165) is 0 Å². The van der Waals surface area contributed by atoms with E-state index in [4.69, 9.17) is 15.3 Å². The largest absolute Gasteiger partial charge is 0.343 e. The maximum Gasteiger partial charge on any atom is 0.279 e. The Hall–Kier alpha value is -0.900. The SMILES string of the molecule is OC(O)(O)Cc1ccccc1. The molecule has 0 amide bonds. The number of hydrogen-bond donors (Lipinski definition) is 3. The van der Waals surface area contributed by atoms with E-state index in [-0.39, 0.29) is 6.42 Å². The number of benzene rings is 1. The van der Waals surface area contributed by atoms with Crippen LogP contribution >= 0.6 is 0 Å². The van der Waals surface area contributed by atoms with Gasteiger partial charge in [-0.1, -0.05) is 30.3 Å². The lowest BCUT2D eigenvalue weighted by atomic mass is 10.1. The van der Waals surface area contributed by atoms with Crippen LogP contribution < -0.4 is 0 Å². The van der Waals surface area contributed by atoms with Gasteiger partial charge in [0.05, 0.1) is 6.42 Å². The van der Waals surface area contributed by atoms with Crippen molar-refractivity contribution in [3.8, 4) is 0 Å². The van der Waals surface area contributed by atoms with E-state index in [1.165, 1.54) is 0 Å². The molecule has 0 spiro atoms. The Morgan fingerprint density at radius 3 is 2.00 bits per heavy atom. The van der Waals surface area contributed by atoms with E-state index >= 15 is 0 Å². The first-order valence-corrected chi connectivity index (χ1v) is 3.29. The van der Waals surface area contributed by atoms with E-state index in [1.54, 1.807) is 24.3 Å². The summed E-state index contributed by atoms with van der Waals surface area (Å²) in [4.78, 5) is 0. The normalized spacial score (nSPS) is 11.5. The van der Waals surface area contributed by atoms with Crippen molar-refractivity contribution in [1.82, 2.24) is 0 Å². The summed E-state index contributed by atoms with van der Waals surface area (Å²) in [6.07, 6.45) is -0.173. The van der Waals surface area contributed by atoms with Gasteiger partial charge in [-0.15, -0.1) is 0 Å². The summed E-state index contributed by atoms with van der Waals surface area (Å²) in [5.41, 5.74) is 0.681. The van der Waals surface area contributed by atoms with Crippen molar-refractivity contribution >= 4 is 0 Å². The molecule has 0 radical (unpaired) electrons. The van der Waals surface area contributed by atoms with Crippen molar-refractivity contribution in [2.24, 2.45) is 0 Å². The lowest BCUT2D eigenvalue weighted by molar-refractivity contribution is -0.309. The molecule has 0 saturated carbocycles. The zero-order valence-electron chi connectivity index (χ0n) is 5.94. The smallest absolute Gasteiger partial charge is 0.279 e. The predicted molar refractivity (Wildman–Crippen MR) is 39.5 cm³/mol. The van der Waals surface area contributed by atoms with Crippen molar-refractivity contribution in [2.45, 2.75) is 12.4 Å². The number of hydrogen-bond acceptors (Lipinski definition) is 3. The van der Waals surface area contributed by atoms with Crippen LogP contribution in [-0.2, 0) is 6.42 Å². The van der Waals surface area contributed by atoms with Gasteiger partial charge in [-0.25, -0.2) is 0 Å². The molecule has 0 aliphatic carbocycles. The monoisotopic (exact) mass is 154 g/mol. The second-order valence-corrected chi connectivity index (χ2v) is 2.44. The van der Waals surface area contributed by atoms with Gasteiger partial charge in [0.25, 0.3) is 5.97 Å². The highest BCUT2D eigenvalue weighted by molar-refractivity contribution is 5.15. The Balaban J connectivity index is 2.66. The summed E-state index contributed by atoms with van der Waals surface area (Å²) in [5.74, 6) is -2.60. The molecule has 0 aliphatic rings. The van der Waals surface area contributed by atoms with Crippen LogP contribution in [0.3, 0.4) is 0 Å². The fourth-order valence-corrected chi connectivity index (χ4v) is 0.870. The third-order valence-electron chi connectivity index (χ3n) is 1.28. The van der Waals surface area contributed by atoms with Gasteiger partial charge in [-0.05, 0) is 5.56 Å². The fraction of sp³-hybridized carbons (Fsp3) is 0.250. The minimum atomic E-state index is -2.60. The van der Waals surface area contributed by atoms with Gasteiger partial charge in [0, 0.05) is 0 Å². The molecule has 0 bridgehead atoms. The van der Waals surface area contributed by atoms with E-state index in [9.17, 15) is 0 Å². The fourth-order valence-electron chi connectivity index (χ4n) is 0.870. The molecule has 0 aromatic heterocycles. The van der Waals surface area contributed by atoms with Gasteiger partial charge in [-0.3, -0.25) is 0 Å². The first kappa shape index (κ1) is 8.20. The molecule has 3 heteroatoms. The summed E-state index contributed by atoms with van der Waals surface area (Å²) in [5, 5.41) is 25.7. The van der Waals surface area contributed by atoms with Crippen LogP contribution in [0, 0.1) is 0 Å². The van der Waals surface area contributed by atoms with Crippen LogP contribution in [0.4, 0.5) is 0 Å². The van der Waals surface area contributed by atoms with Crippen molar-refractivity contribution in [1.29, 1.82) is 0 Å². The standard InChI is InChI=1S/C8H10O3/c9-8(10,11)6-7-4-2-1-3-5-7/h1-5,9-11H,6H2. The van der Waals surface area contributed by atoms with E-state index in [1.807, 2.05) is 6.07 Å². The molecule has 0 aliphatic heterocycles. The van der Waals surface area contributed by atoms with Crippen LogP contribution in [0.2, 0.25) is 0 Å². The van der Waals surface area contributed by atoms with Crippen LogP contribution in [0.5, 0.6) is 0 Å². The molecular weight excluding hydrogens is 144 g/mol. The van der Waals surface area contributed by atoms with E-state index in [2.05, 4.69) is 0 Å². The van der Waals surface area contributed by atoms with Gasteiger partial charge in [0.1, 0.15) is 0 Å². The molecule has 3 N–H and O–H groups in total. The Bertz CT molecular complexity index is 213. The first-order valence-electron chi connectivity index (χ1n) is 3.29. The molecule has 1 aromatic carbocycles. The molecule has 0 atom stereocenters. The Kier molecular flexibility index (Phi) is 2.24. The van der Waals surface area contributed by atoms with Gasteiger partial charge in [0.2, 0.25) is 0 Å².